The average Bonchev–Trinajstić information content (AvgIpc) is 2.62. The Morgan fingerprint density at radius 1 is 1.44 bits per heavy atom. The molecule has 1 amide bonds. The molecule has 0 bridgehead atoms. The topological polar surface area (TPSA) is 49.3 Å². The molecule has 0 unspecified atom stereocenters. The van der Waals surface area contributed by atoms with E-state index in [0.29, 0.717) is 17.6 Å². The SMILES string of the molecule is CCN(CC(=O)N(C)C)Cc1nnc(Cl)s1. The van der Waals surface area contributed by atoms with Crippen LogP contribution in [0, 0.1) is 0 Å². The Kier molecular flexibility index (Phi) is 5.11. The van der Waals surface area contributed by atoms with Crippen LogP contribution in [0.2, 0.25) is 4.47 Å². The summed E-state index contributed by atoms with van der Waals surface area (Å²) in [7, 11) is 3.50. The lowest BCUT2D eigenvalue weighted by molar-refractivity contribution is -0.130. The molecule has 0 saturated carbocycles. The number of aromatic nitrogens is 2. The summed E-state index contributed by atoms with van der Waals surface area (Å²) >= 11 is 7.04. The second kappa shape index (κ2) is 6.12. The fourth-order valence-corrected chi connectivity index (χ4v) is 2.01. The van der Waals surface area contributed by atoms with Gasteiger partial charge in [-0.1, -0.05) is 18.3 Å². The third-order valence-corrected chi connectivity index (χ3v) is 3.11. The van der Waals surface area contributed by atoms with E-state index < -0.39 is 0 Å². The zero-order valence-electron chi connectivity index (χ0n) is 9.60. The zero-order valence-corrected chi connectivity index (χ0v) is 11.2. The third kappa shape index (κ3) is 4.03. The van der Waals surface area contributed by atoms with Crippen molar-refractivity contribution in [3.63, 3.8) is 0 Å². The highest BCUT2D eigenvalue weighted by molar-refractivity contribution is 7.15. The number of hydrogen-bond acceptors (Lipinski definition) is 5. The van der Waals surface area contributed by atoms with Crippen LogP contribution < -0.4 is 0 Å². The van der Waals surface area contributed by atoms with E-state index in [9.17, 15) is 4.79 Å². The first-order chi connectivity index (χ1) is 7.52. The highest BCUT2D eigenvalue weighted by Crippen LogP contribution is 2.16. The van der Waals surface area contributed by atoms with Gasteiger partial charge in [-0.05, 0) is 18.1 Å². The van der Waals surface area contributed by atoms with Crippen LogP contribution >= 0.6 is 22.9 Å². The second-order valence-electron chi connectivity index (χ2n) is 3.54. The Hall–Kier alpha value is -0.720. The van der Waals surface area contributed by atoms with Crippen molar-refractivity contribution in [1.29, 1.82) is 0 Å². The monoisotopic (exact) mass is 262 g/mol. The summed E-state index contributed by atoms with van der Waals surface area (Å²) in [4.78, 5) is 15.1. The molecule has 0 aliphatic carbocycles. The molecule has 0 spiro atoms. The summed E-state index contributed by atoms with van der Waals surface area (Å²) in [5, 5.41) is 8.49. The van der Waals surface area contributed by atoms with Gasteiger partial charge in [0.25, 0.3) is 0 Å². The highest BCUT2D eigenvalue weighted by atomic mass is 35.5. The number of halogens is 1. The largest absolute Gasteiger partial charge is 0.348 e. The minimum absolute atomic E-state index is 0.0810. The molecule has 0 fully saturated rings. The van der Waals surface area contributed by atoms with Gasteiger partial charge in [0.2, 0.25) is 10.4 Å². The van der Waals surface area contributed by atoms with E-state index >= 15 is 0 Å². The molecule has 0 aliphatic heterocycles. The molecule has 1 aromatic heterocycles. The lowest BCUT2D eigenvalue weighted by atomic mass is 10.4. The van der Waals surface area contributed by atoms with Crippen molar-refractivity contribution >= 4 is 28.8 Å². The molecule has 7 heteroatoms. The number of likely N-dealkylation sites (N-methyl/N-ethyl adjacent to an activating group) is 2. The Morgan fingerprint density at radius 2 is 2.12 bits per heavy atom. The smallest absolute Gasteiger partial charge is 0.236 e. The fraction of sp³-hybridized carbons (Fsp3) is 0.667. The van der Waals surface area contributed by atoms with Crippen molar-refractivity contribution in [3.8, 4) is 0 Å². The normalized spacial score (nSPS) is 10.8. The molecule has 0 aliphatic rings. The summed E-state index contributed by atoms with van der Waals surface area (Å²) in [5.41, 5.74) is 0. The van der Waals surface area contributed by atoms with Gasteiger partial charge in [-0.3, -0.25) is 9.69 Å². The number of hydrogen-bond donors (Lipinski definition) is 0. The number of rotatable bonds is 5. The minimum atomic E-state index is 0.0810. The van der Waals surface area contributed by atoms with Crippen LogP contribution in [-0.4, -0.2) is 53.1 Å². The standard InChI is InChI=1S/C9H15ClN4OS/c1-4-14(6-8(15)13(2)3)5-7-11-12-9(10)16-7/h4-6H2,1-3H3. The quantitative estimate of drug-likeness (QED) is 0.798. The van der Waals surface area contributed by atoms with Gasteiger partial charge in [-0.25, -0.2) is 0 Å². The van der Waals surface area contributed by atoms with Crippen molar-refractivity contribution < 1.29 is 4.79 Å². The molecule has 16 heavy (non-hydrogen) atoms. The van der Waals surface area contributed by atoms with Crippen LogP contribution in [-0.2, 0) is 11.3 Å². The van der Waals surface area contributed by atoms with Crippen molar-refractivity contribution in [1.82, 2.24) is 20.0 Å². The summed E-state index contributed by atoms with van der Waals surface area (Å²) in [6.07, 6.45) is 0. The summed E-state index contributed by atoms with van der Waals surface area (Å²) in [6, 6.07) is 0. The molecule has 5 nitrogen and oxygen atoms in total. The maximum absolute atomic E-state index is 11.5. The Bertz CT molecular complexity index is 355. The molecule has 1 aromatic rings. The first kappa shape index (κ1) is 13.3. The van der Waals surface area contributed by atoms with Crippen LogP contribution in [0.3, 0.4) is 0 Å². The van der Waals surface area contributed by atoms with E-state index in [1.165, 1.54) is 11.3 Å². The van der Waals surface area contributed by atoms with Crippen LogP contribution in [0.4, 0.5) is 0 Å². The predicted molar refractivity (Wildman–Crippen MR) is 64.6 cm³/mol. The molecule has 0 atom stereocenters. The van der Waals surface area contributed by atoms with Crippen LogP contribution in [0.25, 0.3) is 0 Å². The van der Waals surface area contributed by atoms with E-state index in [1.807, 2.05) is 11.8 Å². The van der Waals surface area contributed by atoms with Gasteiger partial charge in [0.1, 0.15) is 5.01 Å². The van der Waals surface area contributed by atoms with Gasteiger partial charge < -0.3 is 4.90 Å². The Labute approximate surface area is 104 Å². The molecule has 90 valence electrons. The predicted octanol–water partition coefficient (Wildman–Crippen LogP) is 1.10. The van der Waals surface area contributed by atoms with Crippen molar-refractivity contribution in [3.05, 3.63) is 9.47 Å². The van der Waals surface area contributed by atoms with Crippen molar-refractivity contribution in [2.75, 3.05) is 27.2 Å². The van der Waals surface area contributed by atoms with E-state index in [2.05, 4.69) is 10.2 Å². The minimum Gasteiger partial charge on any atom is -0.348 e. The molecule has 1 rings (SSSR count). The molecule has 0 aromatic carbocycles. The van der Waals surface area contributed by atoms with Gasteiger partial charge in [0, 0.05) is 14.1 Å². The van der Waals surface area contributed by atoms with Gasteiger partial charge >= 0.3 is 0 Å². The van der Waals surface area contributed by atoms with E-state index in [-0.39, 0.29) is 5.91 Å². The van der Waals surface area contributed by atoms with Gasteiger partial charge in [-0.2, -0.15) is 0 Å². The summed E-state index contributed by atoms with van der Waals surface area (Å²) in [5.74, 6) is 0.0810. The Morgan fingerprint density at radius 3 is 2.56 bits per heavy atom. The summed E-state index contributed by atoms with van der Waals surface area (Å²) < 4.78 is 0.435. The summed E-state index contributed by atoms with van der Waals surface area (Å²) in [6.45, 7) is 3.80. The lowest BCUT2D eigenvalue weighted by Gasteiger charge is -2.20. The molecular formula is C9H15ClN4OS. The second-order valence-corrected chi connectivity index (χ2v) is 5.18. The van der Waals surface area contributed by atoms with E-state index in [0.717, 1.165) is 11.6 Å². The van der Waals surface area contributed by atoms with E-state index in [4.69, 9.17) is 11.6 Å². The van der Waals surface area contributed by atoms with Crippen LogP contribution in [0.1, 0.15) is 11.9 Å². The van der Waals surface area contributed by atoms with Gasteiger partial charge in [0.15, 0.2) is 0 Å². The fourth-order valence-electron chi connectivity index (χ4n) is 1.10. The third-order valence-electron chi connectivity index (χ3n) is 2.11. The maximum Gasteiger partial charge on any atom is 0.236 e. The van der Waals surface area contributed by atoms with Gasteiger partial charge in [-0.15, -0.1) is 10.2 Å². The molecular weight excluding hydrogens is 248 g/mol. The van der Waals surface area contributed by atoms with E-state index in [1.54, 1.807) is 19.0 Å². The zero-order chi connectivity index (χ0) is 12.1. The maximum atomic E-state index is 11.5. The molecule has 0 radical (unpaired) electrons. The van der Waals surface area contributed by atoms with Crippen LogP contribution in [0.5, 0.6) is 0 Å². The molecule has 1 heterocycles. The highest BCUT2D eigenvalue weighted by Gasteiger charge is 2.13. The molecule has 0 N–H and O–H groups in total. The number of carbonyl (C=O) groups is 1. The first-order valence-electron chi connectivity index (χ1n) is 4.93. The van der Waals surface area contributed by atoms with Gasteiger partial charge in [0.05, 0.1) is 13.1 Å². The average molecular weight is 263 g/mol. The van der Waals surface area contributed by atoms with Crippen molar-refractivity contribution in [2.24, 2.45) is 0 Å². The molecule has 0 saturated heterocycles. The number of nitrogens with zero attached hydrogens (tertiary/aromatic N) is 4. The first-order valence-corrected chi connectivity index (χ1v) is 6.12. The van der Waals surface area contributed by atoms with Crippen LogP contribution in [0.15, 0.2) is 0 Å². The lowest BCUT2D eigenvalue weighted by Crippen LogP contribution is -2.36. The Balaban J connectivity index is 2.52. The van der Waals surface area contributed by atoms with Crippen molar-refractivity contribution in [2.45, 2.75) is 13.5 Å². The number of carbonyl (C=O) groups excluding carboxylic acids is 1. The number of amides is 1.